The van der Waals surface area contributed by atoms with Crippen LogP contribution in [0.25, 0.3) is 0 Å². The van der Waals surface area contributed by atoms with Crippen LogP contribution >= 0.6 is 0 Å². The number of hydrogen-bond acceptors (Lipinski definition) is 7. The highest BCUT2D eigenvalue weighted by molar-refractivity contribution is 5.92. The second kappa shape index (κ2) is 5.01. The predicted molar refractivity (Wildman–Crippen MR) is 56.8 cm³/mol. The molecule has 0 saturated heterocycles. The Labute approximate surface area is 96.3 Å². The molecule has 2 heterocycles. The summed E-state index contributed by atoms with van der Waals surface area (Å²) in [6.07, 6.45) is 4.48. The lowest BCUT2D eigenvalue weighted by atomic mass is 10.3. The summed E-state index contributed by atoms with van der Waals surface area (Å²) < 4.78 is 4.78. The fraction of sp³-hybridized carbons (Fsp3) is 0.222. The maximum Gasteiger partial charge on any atom is 0.271 e. The van der Waals surface area contributed by atoms with E-state index in [-0.39, 0.29) is 17.4 Å². The number of aromatic nitrogens is 4. The molecule has 0 fully saturated rings. The summed E-state index contributed by atoms with van der Waals surface area (Å²) in [6, 6.07) is 0. The summed E-state index contributed by atoms with van der Waals surface area (Å²) in [5.41, 5.74) is 5.59. The van der Waals surface area contributed by atoms with Gasteiger partial charge >= 0.3 is 0 Å². The number of carbonyl (C=O) groups excluding carboxylic acids is 1. The van der Waals surface area contributed by atoms with Crippen LogP contribution in [0, 0.1) is 0 Å². The standard InChI is InChI=1S/C9H10N6O2/c10-7-4-11-3-6(15-7)9(16)12-2-1-8-13-5-14-17-8/h3-5H,1-2H2,(H2,10,15)(H,12,16). The van der Waals surface area contributed by atoms with Crippen LogP contribution in [-0.4, -0.2) is 32.6 Å². The normalized spacial score (nSPS) is 10.1. The molecule has 17 heavy (non-hydrogen) atoms. The lowest BCUT2D eigenvalue weighted by Gasteiger charge is -2.02. The number of nitrogens with one attached hydrogen (secondary N) is 1. The van der Waals surface area contributed by atoms with Crippen molar-refractivity contribution in [3.8, 4) is 0 Å². The summed E-state index contributed by atoms with van der Waals surface area (Å²) in [7, 11) is 0. The van der Waals surface area contributed by atoms with Crippen LogP contribution in [0.2, 0.25) is 0 Å². The molecule has 1 amide bonds. The Morgan fingerprint density at radius 3 is 3.06 bits per heavy atom. The quantitative estimate of drug-likeness (QED) is 0.725. The molecule has 0 aliphatic heterocycles. The van der Waals surface area contributed by atoms with Crippen molar-refractivity contribution in [1.29, 1.82) is 0 Å². The van der Waals surface area contributed by atoms with Crippen LogP contribution in [0.15, 0.2) is 23.2 Å². The Bertz CT molecular complexity index is 498. The molecule has 0 saturated carbocycles. The lowest BCUT2D eigenvalue weighted by molar-refractivity contribution is 0.0948. The Morgan fingerprint density at radius 1 is 1.47 bits per heavy atom. The zero-order chi connectivity index (χ0) is 12.1. The number of nitrogen functional groups attached to an aromatic ring is 1. The van der Waals surface area contributed by atoms with Crippen LogP contribution in [0.3, 0.4) is 0 Å². The van der Waals surface area contributed by atoms with Gasteiger partial charge in [0.25, 0.3) is 5.91 Å². The van der Waals surface area contributed by atoms with Crippen LogP contribution in [0.1, 0.15) is 16.4 Å². The SMILES string of the molecule is Nc1cncc(C(=O)NCCc2ncno2)n1. The first kappa shape index (κ1) is 11.0. The van der Waals surface area contributed by atoms with Gasteiger partial charge in [-0.1, -0.05) is 5.16 Å². The first-order valence-corrected chi connectivity index (χ1v) is 4.87. The second-order valence-corrected chi connectivity index (χ2v) is 3.17. The molecular weight excluding hydrogens is 224 g/mol. The van der Waals surface area contributed by atoms with E-state index in [1.165, 1.54) is 18.7 Å². The van der Waals surface area contributed by atoms with Gasteiger partial charge < -0.3 is 15.6 Å². The highest BCUT2D eigenvalue weighted by atomic mass is 16.5. The number of nitrogens with zero attached hydrogens (tertiary/aromatic N) is 4. The van der Waals surface area contributed by atoms with E-state index in [9.17, 15) is 4.79 Å². The minimum atomic E-state index is -0.343. The van der Waals surface area contributed by atoms with Gasteiger partial charge in [-0.2, -0.15) is 4.98 Å². The topological polar surface area (TPSA) is 120 Å². The van der Waals surface area contributed by atoms with Gasteiger partial charge in [-0.05, 0) is 0 Å². The molecule has 0 unspecified atom stereocenters. The Kier molecular flexibility index (Phi) is 3.24. The Hall–Kier alpha value is -2.51. The van der Waals surface area contributed by atoms with Gasteiger partial charge in [0.15, 0.2) is 6.33 Å². The molecule has 88 valence electrons. The molecule has 0 atom stereocenters. The molecular formula is C9H10N6O2. The third-order valence-electron chi connectivity index (χ3n) is 1.92. The Morgan fingerprint density at radius 2 is 2.35 bits per heavy atom. The van der Waals surface area contributed by atoms with E-state index in [4.69, 9.17) is 10.3 Å². The van der Waals surface area contributed by atoms with Crippen molar-refractivity contribution in [1.82, 2.24) is 25.4 Å². The Balaban J connectivity index is 1.85. The van der Waals surface area contributed by atoms with Crippen molar-refractivity contribution >= 4 is 11.7 Å². The largest absolute Gasteiger partial charge is 0.382 e. The maximum absolute atomic E-state index is 11.6. The van der Waals surface area contributed by atoms with Crippen LogP contribution in [-0.2, 0) is 6.42 Å². The molecule has 0 aliphatic rings. The summed E-state index contributed by atoms with van der Waals surface area (Å²) >= 11 is 0. The van der Waals surface area contributed by atoms with Crippen molar-refractivity contribution in [3.05, 3.63) is 30.3 Å². The minimum absolute atomic E-state index is 0.176. The van der Waals surface area contributed by atoms with Crippen molar-refractivity contribution < 1.29 is 9.32 Å². The molecule has 0 radical (unpaired) electrons. The fourth-order valence-electron chi connectivity index (χ4n) is 1.17. The molecule has 8 nitrogen and oxygen atoms in total. The first-order valence-electron chi connectivity index (χ1n) is 4.87. The predicted octanol–water partition coefficient (Wildman–Crippen LogP) is -0.586. The summed E-state index contributed by atoms with van der Waals surface area (Å²) in [4.78, 5) is 23.0. The molecule has 0 bridgehead atoms. The molecule has 0 spiro atoms. The van der Waals surface area contributed by atoms with Gasteiger partial charge in [-0.25, -0.2) is 4.98 Å². The van der Waals surface area contributed by atoms with Gasteiger partial charge in [0.1, 0.15) is 11.5 Å². The average Bonchev–Trinajstić information content (AvgIpc) is 2.82. The summed E-state index contributed by atoms with van der Waals surface area (Å²) in [5.74, 6) is 0.322. The molecule has 2 rings (SSSR count). The summed E-state index contributed by atoms with van der Waals surface area (Å²) in [5, 5.41) is 6.09. The van der Waals surface area contributed by atoms with Crippen molar-refractivity contribution in [3.63, 3.8) is 0 Å². The van der Waals surface area contributed by atoms with E-state index in [0.29, 0.717) is 18.9 Å². The molecule has 0 aliphatic carbocycles. The number of anilines is 1. The zero-order valence-electron chi connectivity index (χ0n) is 8.83. The smallest absolute Gasteiger partial charge is 0.271 e. The average molecular weight is 234 g/mol. The van der Waals surface area contributed by atoms with Crippen LogP contribution in [0.4, 0.5) is 5.82 Å². The van der Waals surface area contributed by atoms with Crippen molar-refractivity contribution in [2.75, 3.05) is 12.3 Å². The number of amides is 1. The van der Waals surface area contributed by atoms with E-state index in [0.717, 1.165) is 0 Å². The van der Waals surface area contributed by atoms with E-state index in [2.05, 4.69) is 25.4 Å². The first-order chi connectivity index (χ1) is 8.25. The third kappa shape index (κ3) is 2.97. The number of hydrogen-bond donors (Lipinski definition) is 2. The van der Waals surface area contributed by atoms with Gasteiger partial charge in [-0.15, -0.1) is 0 Å². The molecule has 3 N–H and O–H groups in total. The monoisotopic (exact) mass is 234 g/mol. The second-order valence-electron chi connectivity index (χ2n) is 3.17. The molecule has 2 aromatic heterocycles. The fourth-order valence-corrected chi connectivity index (χ4v) is 1.17. The van der Waals surface area contributed by atoms with E-state index >= 15 is 0 Å². The van der Waals surface area contributed by atoms with Crippen molar-refractivity contribution in [2.24, 2.45) is 0 Å². The number of carbonyl (C=O) groups is 1. The zero-order valence-corrected chi connectivity index (χ0v) is 8.83. The molecule has 0 aromatic carbocycles. The maximum atomic E-state index is 11.6. The molecule has 8 heteroatoms. The van der Waals surface area contributed by atoms with Gasteiger partial charge in [0.05, 0.1) is 12.4 Å². The third-order valence-corrected chi connectivity index (χ3v) is 1.92. The number of rotatable bonds is 4. The van der Waals surface area contributed by atoms with E-state index in [1.807, 2.05) is 0 Å². The highest BCUT2D eigenvalue weighted by Gasteiger charge is 2.08. The highest BCUT2D eigenvalue weighted by Crippen LogP contribution is 1.97. The number of nitrogens with two attached hydrogens (primary N) is 1. The molecule has 2 aromatic rings. The van der Waals surface area contributed by atoms with E-state index < -0.39 is 0 Å². The minimum Gasteiger partial charge on any atom is -0.382 e. The van der Waals surface area contributed by atoms with Gasteiger partial charge in [0, 0.05) is 13.0 Å². The lowest BCUT2D eigenvalue weighted by Crippen LogP contribution is -2.27. The van der Waals surface area contributed by atoms with Crippen LogP contribution in [0.5, 0.6) is 0 Å². The van der Waals surface area contributed by atoms with Crippen molar-refractivity contribution in [2.45, 2.75) is 6.42 Å². The van der Waals surface area contributed by atoms with Crippen LogP contribution < -0.4 is 11.1 Å². The summed E-state index contributed by atoms with van der Waals surface area (Å²) in [6.45, 7) is 0.373. The van der Waals surface area contributed by atoms with Gasteiger partial charge in [-0.3, -0.25) is 9.78 Å². The van der Waals surface area contributed by atoms with E-state index in [1.54, 1.807) is 0 Å². The van der Waals surface area contributed by atoms with Gasteiger partial charge in [0.2, 0.25) is 5.89 Å².